The van der Waals surface area contributed by atoms with Crippen molar-refractivity contribution in [1.29, 1.82) is 0 Å². The van der Waals surface area contributed by atoms with E-state index in [9.17, 15) is 0 Å². The maximum atomic E-state index is 5.57. The van der Waals surface area contributed by atoms with Crippen LogP contribution in [-0.2, 0) is 12.8 Å². The van der Waals surface area contributed by atoms with E-state index in [1.165, 1.54) is 30.6 Å². The Hall–Kier alpha value is -1.43. The molecule has 90 valence electrons. The Morgan fingerprint density at radius 1 is 1.41 bits per heavy atom. The molecule has 3 rings (SSSR count). The number of nitrogens with two attached hydrogens (primary N) is 1. The predicted molar refractivity (Wildman–Crippen MR) is 64.7 cm³/mol. The fourth-order valence-corrected chi connectivity index (χ4v) is 2.52. The van der Waals surface area contributed by atoms with Gasteiger partial charge in [0.1, 0.15) is 0 Å². The molecule has 2 N–H and O–H groups in total. The van der Waals surface area contributed by atoms with Gasteiger partial charge in [-0.2, -0.15) is 4.98 Å². The molecule has 2 heterocycles. The normalized spacial score (nSPS) is 16.0. The highest BCUT2D eigenvalue weighted by atomic mass is 32.1. The molecule has 1 saturated carbocycles. The van der Waals surface area contributed by atoms with Crippen LogP contribution in [0.1, 0.15) is 36.7 Å². The van der Waals surface area contributed by atoms with Gasteiger partial charge in [0, 0.05) is 11.8 Å². The van der Waals surface area contributed by atoms with Gasteiger partial charge in [-0.1, -0.05) is 24.4 Å². The Morgan fingerprint density at radius 3 is 2.94 bits per heavy atom. The Balaban J connectivity index is 1.63. The molecule has 1 aliphatic carbocycles. The molecule has 0 spiro atoms. The Kier molecular flexibility index (Phi) is 2.80. The van der Waals surface area contributed by atoms with E-state index in [1.54, 1.807) is 0 Å². The predicted octanol–water partition coefficient (Wildman–Crippen LogP) is 2.04. The number of rotatable bonds is 4. The minimum atomic E-state index is 0.575. The second-order valence-corrected chi connectivity index (χ2v) is 5.35. The van der Waals surface area contributed by atoms with Crippen LogP contribution in [0.4, 0.5) is 5.13 Å². The van der Waals surface area contributed by atoms with Gasteiger partial charge in [0.05, 0.1) is 12.1 Å². The SMILES string of the molecule is Nc1nc(Cc2nc(CC3CCC3)no2)cs1. The highest BCUT2D eigenvalue weighted by molar-refractivity contribution is 7.13. The third-order valence-corrected chi connectivity index (χ3v) is 3.83. The quantitative estimate of drug-likeness (QED) is 0.898. The summed E-state index contributed by atoms with van der Waals surface area (Å²) in [4.78, 5) is 8.55. The molecule has 17 heavy (non-hydrogen) atoms. The molecule has 0 saturated heterocycles. The Labute approximate surface area is 103 Å². The second kappa shape index (κ2) is 4.44. The van der Waals surface area contributed by atoms with E-state index in [0.717, 1.165) is 23.9 Å². The van der Waals surface area contributed by atoms with Crippen LogP contribution in [0, 0.1) is 5.92 Å². The van der Waals surface area contributed by atoms with Gasteiger partial charge in [-0.25, -0.2) is 4.98 Å². The van der Waals surface area contributed by atoms with E-state index in [1.807, 2.05) is 5.38 Å². The smallest absolute Gasteiger partial charge is 0.232 e. The molecular weight excluding hydrogens is 236 g/mol. The monoisotopic (exact) mass is 250 g/mol. The number of hydrogen-bond acceptors (Lipinski definition) is 6. The second-order valence-electron chi connectivity index (χ2n) is 4.46. The molecule has 0 bridgehead atoms. The van der Waals surface area contributed by atoms with Crippen molar-refractivity contribution in [3.8, 4) is 0 Å². The van der Waals surface area contributed by atoms with E-state index < -0.39 is 0 Å². The number of nitrogens with zero attached hydrogens (tertiary/aromatic N) is 3. The molecule has 2 aromatic heterocycles. The molecule has 0 atom stereocenters. The molecule has 2 aromatic rings. The topological polar surface area (TPSA) is 77.8 Å². The number of anilines is 1. The van der Waals surface area contributed by atoms with Crippen LogP contribution < -0.4 is 5.73 Å². The zero-order chi connectivity index (χ0) is 11.7. The molecule has 1 aliphatic rings. The van der Waals surface area contributed by atoms with Crippen molar-refractivity contribution in [2.24, 2.45) is 5.92 Å². The molecule has 6 heteroatoms. The molecule has 0 amide bonds. The van der Waals surface area contributed by atoms with E-state index >= 15 is 0 Å². The van der Waals surface area contributed by atoms with Crippen molar-refractivity contribution in [3.63, 3.8) is 0 Å². The molecule has 5 nitrogen and oxygen atoms in total. The van der Waals surface area contributed by atoms with Crippen molar-refractivity contribution in [2.75, 3.05) is 5.73 Å². The number of aromatic nitrogens is 3. The van der Waals surface area contributed by atoms with Crippen LogP contribution in [0.3, 0.4) is 0 Å². The first-order valence-corrected chi connectivity index (χ1v) is 6.69. The summed E-state index contributed by atoms with van der Waals surface area (Å²) in [5, 5.41) is 6.50. The van der Waals surface area contributed by atoms with Crippen molar-refractivity contribution in [1.82, 2.24) is 15.1 Å². The minimum absolute atomic E-state index is 0.575. The fourth-order valence-electron chi connectivity index (χ4n) is 1.96. The summed E-state index contributed by atoms with van der Waals surface area (Å²) in [6, 6.07) is 0. The Morgan fingerprint density at radius 2 is 2.29 bits per heavy atom. The van der Waals surface area contributed by atoms with Crippen LogP contribution in [0.25, 0.3) is 0 Å². The van der Waals surface area contributed by atoms with Crippen molar-refractivity contribution in [2.45, 2.75) is 32.1 Å². The van der Waals surface area contributed by atoms with Crippen molar-refractivity contribution in [3.05, 3.63) is 22.8 Å². The van der Waals surface area contributed by atoms with Crippen LogP contribution in [0.2, 0.25) is 0 Å². The van der Waals surface area contributed by atoms with Crippen LogP contribution >= 0.6 is 11.3 Å². The zero-order valence-electron chi connectivity index (χ0n) is 9.43. The van der Waals surface area contributed by atoms with Gasteiger partial charge in [-0.3, -0.25) is 0 Å². The number of nitrogen functional groups attached to an aromatic ring is 1. The summed E-state index contributed by atoms with van der Waals surface area (Å²) < 4.78 is 5.21. The van der Waals surface area contributed by atoms with Gasteiger partial charge >= 0.3 is 0 Å². The molecule has 0 unspecified atom stereocenters. The highest BCUT2D eigenvalue weighted by Crippen LogP contribution is 2.29. The minimum Gasteiger partial charge on any atom is -0.375 e. The maximum Gasteiger partial charge on any atom is 0.232 e. The average Bonchev–Trinajstić information content (AvgIpc) is 2.83. The third-order valence-electron chi connectivity index (χ3n) is 3.11. The van der Waals surface area contributed by atoms with Gasteiger partial charge in [0.15, 0.2) is 11.0 Å². The summed E-state index contributed by atoms with van der Waals surface area (Å²) in [5.74, 6) is 2.22. The molecule has 0 radical (unpaired) electrons. The van der Waals surface area contributed by atoms with E-state index in [0.29, 0.717) is 17.4 Å². The van der Waals surface area contributed by atoms with Crippen LogP contribution in [0.15, 0.2) is 9.90 Å². The largest absolute Gasteiger partial charge is 0.375 e. The Bertz CT molecular complexity index is 503. The molecule has 1 fully saturated rings. The lowest BCUT2D eigenvalue weighted by Crippen LogP contribution is -2.14. The summed E-state index contributed by atoms with van der Waals surface area (Å²) in [5.41, 5.74) is 6.46. The van der Waals surface area contributed by atoms with Gasteiger partial charge in [0.2, 0.25) is 5.89 Å². The molecule has 0 aromatic carbocycles. The molecular formula is C11H14N4OS. The number of thiazole rings is 1. The fraction of sp³-hybridized carbons (Fsp3) is 0.545. The van der Waals surface area contributed by atoms with E-state index in [4.69, 9.17) is 10.3 Å². The third kappa shape index (κ3) is 2.46. The van der Waals surface area contributed by atoms with Gasteiger partial charge in [0.25, 0.3) is 0 Å². The first-order chi connectivity index (χ1) is 8.29. The van der Waals surface area contributed by atoms with Crippen LogP contribution in [-0.4, -0.2) is 15.1 Å². The van der Waals surface area contributed by atoms with Gasteiger partial charge in [-0.15, -0.1) is 11.3 Å². The standard InChI is InChI=1S/C11H14N4OS/c12-11-13-8(6-17-11)5-10-14-9(15-16-10)4-7-2-1-3-7/h6-7H,1-5H2,(H2,12,13). The van der Waals surface area contributed by atoms with Gasteiger partial charge in [-0.05, 0) is 5.92 Å². The highest BCUT2D eigenvalue weighted by Gasteiger charge is 2.20. The van der Waals surface area contributed by atoms with Gasteiger partial charge < -0.3 is 10.3 Å². The lowest BCUT2D eigenvalue weighted by atomic mass is 9.83. The van der Waals surface area contributed by atoms with E-state index in [2.05, 4.69) is 15.1 Å². The van der Waals surface area contributed by atoms with Crippen LogP contribution in [0.5, 0.6) is 0 Å². The lowest BCUT2D eigenvalue weighted by molar-refractivity contribution is 0.302. The molecule has 0 aliphatic heterocycles. The van der Waals surface area contributed by atoms with Crippen molar-refractivity contribution < 1.29 is 4.52 Å². The summed E-state index contributed by atoms with van der Waals surface area (Å²) >= 11 is 1.43. The van der Waals surface area contributed by atoms with E-state index in [-0.39, 0.29) is 0 Å². The average molecular weight is 250 g/mol. The maximum absolute atomic E-state index is 5.57. The number of hydrogen-bond donors (Lipinski definition) is 1. The first-order valence-electron chi connectivity index (χ1n) is 5.81. The summed E-state index contributed by atoms with van der Waals surface area (Å²) in [6.45, 7) is 0. The van der Waals surface area contributed by atoms with Crippen molar-refractivity contribution >= 4 is 16.5 Å². The lowest BCUT2D eigenvalue weighted by Gasteiger charge is -2.23. The summed E-state index contributed by atoms with van der Waals surface area (Å²) in [7, 11) is 0. The first kappa shape index (κ1) is 10.7. The summed E-state index contributed by atoms with van der Waals surface area (Å²) in [6.07, 6.45) is 5.46. The zero-order valence-corrected chi connectivity index (χ0v) is 10.2.